The Morgan fingerprint density at radius 2 is 1.43 bits per heavy atom. The molecule has 3 amide bonds. The molecule has 0 aliphatic heterocycles. The lowest BCUT2D eigenvalue weighted by atomic mass is 10.1. The number of amides is 3. The van der Waals surface area contributed by atoms with Crippen LogP contribution in [-0.2, 0) is 16.1 Å². The summed E-state index contributed by atoms with van der Waals surface area (Å²) >= 11 is 0. The third kappa shape index (κ3) is 8.43. The Morgan fingerprint density at radius 3 is 2.00 bits per heavy atom. The average molecular weight is 504 g/mol. The molecular weight excluding hydrogens is 470 g/mol. The first-order chi connectivity index (χ1) is 17.9. The second-order valence-electron chi connectivity index (χ2n) is 9.62. The van der Waals surface area contributed by atoms with Gasteiger partial charge < -0.3 is 21.3 Å². The lowest BCUT2D eigenvalue weighted by Crippen LogP contribution is -2.58. The van der Waals surface area contributed by atoms with Gasteiger partial charge in [0, 0.05) is 35.3 Å². The Morgan fingerprint density at radius 1 is 0.865 bits per heavy atom. The van der Waals surface area contributed by atoms with E-state index in [1.807, 2.05) is 12.1 Å². The molecule has 2 saturated carbocycles. The highest BCUT2D eigenvalue weighted by atomic mass is 16.5. The van der Waals surface area contributed by atoms with E-state index in [0.29, 0.717) is 17.6 Å². The van der Waals surface area contributed by atoms with E-state index in [4.69, 9.17) is 5.21 Å². The Labute approximate surface area is 216 Å². The van der Waals surface area contributed by atoms with Gasteiger partial charge in [-0.25, -0.2) is 5.48 Å². The average Bonchev–Trinajstić information content (AvgIpc) is 3.84. The molecule has 4 rings (SSSR count). The molecule has 0 radical (unpaired) electrons. The van der Waals surface area contributed by atoms with E-state index in [9.17, 15) is 14.4 Å². The zero-order chi connectivity index (χ0) is 26.2. The van der Waals surface area contributed by atoms with Gasteiger partial charge in [0.2, 0.25) is 5.91 Å². The maximum Gasteiger partial charge on any atom is 0.268 e. The molecule has 6 N–H and O–H groups in total. The number of hydroxylamine groups is 1. The largest absolute Gasteiger partial charge is 0.350 e. The van der Waals surface area contributed by atoms with Crippen molar-refractivity contribution in [1.29, 1.82) is 0 Å². The van der Waals surface area contributed by atoms with E-state index >= 15 is 0 Å². The summed E-state index contributed by atoms with van der Waals surface area (Å²) in [6.45, 7) is 2.58. The van der Waals surface area contributed by atoms with E-state index in [-0.39, 0.29) is 12.5 Å². The summed E-state index contributed by atoms with van der Waals surface area (Å²) in [6.07, 6.45) is 4.62. The highest BCUT2D eigenvalue weighted by molar-refractivity contribution is 5.98. The van der Waals surface area contributed by atoms with Crippen LogP contribution in [0.15, 0.2) is 48.5 Å². The van der Waals surface area contributed by atoms with Crippen LogP contribution >= 0.6 is 0 Å². The smallest absolute Gasteiger partial charge is 0.268 e. The fourth-order valence-corrected chi connectivity index (χ4v) is 3.73. The van der Waals surface area contributed by atoms with Gasteiger partial charge in [0.25, 0.3) is 11.8 Å². The molecule has 9 heteroatoms. The predicted octanol–water partition coefficient (Wildman–Crippen LogP) is 1.20. The van der Waals surface area contributed by atoms with Gasteiger partial charge in [-0.15, -0.1) is 0 Å². The number of carbonyl (C=O) groups is 3. The SMILES string of the molecule is C[C@@H](NC(=O)CNC1CC1)[C@H](NC(=O)c1ccc(C#Cc2ccc(CNC3CC3)cc2)cc1)C(=O)NO. The number of benzene rings is 2. The van der Waals surface area contributed by atoms with Crippen LogP contribution in [0.2, 0.25) is 0 Å². The number of hydrogen-bond donors (Lipinski definition) is 6. The van der Waals surface area contributed by atoms with Crippen molar-refractivity contribution in [2.24, 2.45) is 0 Å². The van der Waals surface area contributed by atoms with Gasteiger partial charge in [-0.3, -0.25) is 19.6 Å². The first-order valence-electron chi connectivity index (χ1n) is 12.6. The molecule has 2 aliphatic rings. The van der Waals surface area contributed by atoms with Gasteiger partial charge >= 0.3 is 0 Å². The fourth-order valence-electron chi connectivity index (χ4n) is 3.73. The van der Waals surface area contributed by atoms with Crippen LogP contribution in [0.4, 0.5) is 0 Å². The van der Waals surface area contributed by atoms with Crippen molar-refractivity contribution >= 4 is 17.7 Å². The Bertz CT molecular complexity index is 1160. The zero-order valence-corrected chi connectivity index (χ0v) is 20.8. The summed E-state index contributed by atoms with van der Waals surface area (Å²) in [6, 6.07) is 13.9. The molecule has 2 aromatic carbocycles. The van der Waals surface area contributed by atoms with Crippen molar-refractivity contribution in [2.45, 2.75) is 63.3 Å². The van der Waals surface area contributed by atoms with Crippen LogP contribution in [0, 0.1) is 11.8 Å². The normalized spacial score (nSPS) is 16.1. The maximum atomic E-state index is 12.8. The van der Waals surface area contributed by atoms with Crippen molar-refractivity contribution in [1.82, 2.24) is 26.7 Å². The minimum absolute atomic E-state index is 0.126. The second-order valence-corrected chi connectivity index (χ2v) is 9.62. The van der Waals surface area contributed by atoms with Crippen molar-refractivity contribution in [3.63, 3.8) is 0 Å². The molecule has 0 unspecified atom stereocenters. The van der Waals surface area contributed by atoms with Crippen LogP contribution in [0.1, 0.15) is 59.7 Å². The molecule has 2 atom stereocenters. The molecule has 2 aromatic rings. The molecule has 2 aliphatic carbocycles. The van der Waals surface area contributed by atoms with E-state index in [0.717, 1.165) is 30.5 Å². The van der Waals surface area contributed by atoms with Crippen LogP contribution < -0.4 is 26.7 Å². The van der Waals surface area contributed by atoms with Gasteiger partial charge in [0.15, 0.2) is 0 Å². The van der Waals surface area contributed by atoms with Crippen molar-refractivity contribution < 1.29 is 19.6 Å². The summed E-state index contributed by atoms with van der Waals surface area (Å²) in [4.78, 5) is 37.1. The van der Waals surface area contributed by atoms with Gasteiger partial charge in [-0.1, -0.05) is 24.0 Å². The molecule has 0 aromatic heterocycles. The molecule has 0 saturated heterocycles. The summed E-state index contributed by atoms with van der Waals surface area (Å²) in [5.41, 5.74) is 4.74. The molecule has 2 fully saturated rings. The van der Waals surface area contributed by atoms with E-state index in [2.05, 4.69) is 45.2 Å². The molecule has 0 bridgehead atoms. The third-order valence-corrected chi connectivity index (χ3v) is 6.32. The highest BCUT2D eigenvalue weighted by Gasteiger charge is 2.29. The number of carbonyl (C=O) groups excluding carboxylic acids is 3. The summed E-state index contributed by atoms with van der Waals surface area (Å²) < 4.78 is 0. The van der Waals surface area contributed by atoms with Crippen LogP contribution in [0.5, 0.6) is 0 Å². The van der Waals surface area contributed by atoms with E-state index < -0.39 is 23.9 Å². The standard InChI is InChI=1S/C28H33N5O4/c1-18(31-25(34)17-30-24-14-15-24)26(28(36)33-37)32-27(35)22-10-8-20(9-11-22)3-2-19-4-6-21(7-5-19)16-29-23-12-13-23/h4-11,18,23-24,26,29-30,37H,12-17H2,1H3,(H,31,34)(H,32,35)(H,33,36)/t18-,26+/m1/s1. The Hall–Kier alpha value is -3.71. The van der Waals surface area contributed by atoms with Gasteiger partial charge in [0.05, 0.1) is 12.6 Å². The minimum atomic E-state index is -1.16. The molecular formula is C28H33N5O4. The van der Waals surface area contributed by atoms with Crippen molar-refractivity contribution in [3.05, 3.63) is 70.8 Å². The Balaban J connectivity index is 1.31. The zero-order valence-electron chi connectivity index (χ0n) is 20.8. The van der Waals surface area contributed by atoms with E-state index in [1.54, 1.807) is 36.7 Å². The molecule has 0 spiro atoms. The monoisotopic (exact) mass is 503 g/mol. The molecule has 0 heterocycles. The van der Waals surface area contributed by atoms with Gasteiger partial charge in [0.1, 0.15) is 6.04 Å². The summed E-state index contributed by atoms with van der Waals surface area (Å²) in [7, 11) is 0. The predicted molar refractivity (Wildman–Crippen MR) is 139 cm³/mol. The maximum absolute atomic E-state index is 12.8. The number of rotatable bonds is 11. The highest BCUT2D eigenvalue weighted by Crippen LogP contribution is 2.19. The van der Waals surface area contributed by atoms with Crippen LogP contribution in [0.3, 0.4) is 0 Å². The van der Waals surface area contributed by atoms with Crippen molar-refractivity contribution in [2.75, 3.05) is 6.54 Å². The lowest BCUT2D eigenvalue weighted by molar-refractivity contribution is -0.132. The first kappa shape index (κ1) is 26.4. The molecule has 37 heavy (non-hydrogen) atoms. The summed E-state index contributed by atoms with van der Waals surface area (Å²) in [5, 5.41) is 21.0. The van der Waals surface area contributed by atoms with Gasteiger partial charge in [-0.2, -0.15) is 0 Å². The molecule has 194 valence electrons. The van der Waals surface area contributed by atoms with E-state index in [1.165, 1.54) is 18.4 Å². The van der Waals surface area contributed by atoms with Crippen LogP contribution in [0.25, 0.3) is 0 Å². The Kier molecular flexibility index (Phi) is 8.90. The first-order valence-corrected chi connectivity index (χ1v) is 12.6. The second kappa shape index (κ2) is 12.5. The molecule has 9 nitrogen and oxygen atoms in total. The quantitative estimate of drug-likeness (QED) is 0.155. The minimum Gasteiger partial charge on any atom is -0.350 e. The number of nitrogens with one attached hydrogen (secondary N) is 5. The number of hydrogen-bond acceptors (Lipinski definition) is 6. The van der Waals surface area contributed by atoms with Crippen molar-refractivity contribution in [3.8, 4) is 11.8 Å². The fraction of sp³-hybridized carbons (Fsp3) is 0.393. The lowest BCUT2D eigenvalue weighted by Gasteiger charge is -2.24. The summed E-state index contributed by atoms with van der Waals surface area (Å²) in [5.74, 6) is 4.58. The topological polar surface area (TPSA) is 132 Å². The van der Waals surface area contributed by atoms with Gasteiger partial charge in [-0.05, 0) is 74.6 Å². The van der Waals surface area contributed by atoms with Crippen LogP contribution in [-0.4, -0.2) is 53.6 Å². The third-order valence-electron chi connectivity index (χ3n) is 6.32.